The van der Waals surface area contributed by atoms with Gasteiger partial charge in [0, 0.05) is 16.7 Å². The van der Waals surface area contributed by atoms with Crippen molar-refractivity contribution in [2.45, 2.75) is 20.8 Å². The van der Waals surface area contributed by atoms with Crippen LogP contribution in [0.25, 0.3) is 0 Å². The topological polar surface area (TPSA) is 98.8 Å². The van der Waals surface area contributed by atoms with Crippen LogP contribution in [-0.4, -0.2) is 36.8 Å². The lowest BCUT2D eigenvalue weighted by Crippen LogP contribution is -2.15. The van der Waals surface area contributed by atoms with Crippen LogP contribution in [0.1, 0.15) is 65.7 Å². The van der Waals surface area contributed by atoms with Gasteiger partial charge < -0.3 is 14.8 Å². The van der Waals surface area contributed by atoms with Gasteiger partial charge in [-0.2, -0.15) is 0 Å². The summed E-state index contributed by atoms with van der Waals surface area (Å²) in [7, 11) is 0. The van der Waals surface area contributed by atoms with E-state index in [-0.39, 0.29) is 40.0 Å². The highest BCUT2D eigenvalue weighted by atomic mass is 32.1. The standard InChI is InChI=1S/C25H23NO6S/c1-4-31-24(29)19-15(3)21(25(30)32-5-2)33-23(19)26-22(28)18-13-11-17(12-14-18)20(27)16-9-7-6-8-10-16/h6-14H,4-5H2,1-3H3,(H,26,28). The molecule has 0 aliphatic rings. The summed E-state index contributed by atoms with van der Waals surface area (Å²) in [5, 5.41) is 2.89. The van der Waals surface area contributed by atoms with Crippen molar-refractivity contribution in [3.8, 4) is 0 Å². The lowest BCUT2D eigenvalue weighted by molar-refractivity contribution is 0.0527. The minimum absolute atomic E-state index is 0.120. The number of ketones is 1. The quantitative estimate of drug-likeness (QED) is 0.376. The molecule has 0 radical (unpaired) electrons. The predicted molar refractivity (Wildman–Crippen MR) is 125 cm³/mol. The number of amides is 1. The normalized spacial score (nSPS) is 10.4. The minimum Gasteiger partial charge on any atom is -0.462 e. The second-order valence-electron chi connectivity index (χ2n) is 6.93. The lowest BCUT2D eigenvalue weighted by Gasteiger charge is -2.08. The van der Waals surface area contributed by atoms with Crippen molar-refractivity contribution in [3.63, 3.8) is 0 Å². The number of nitrogens with one attached hydrogen (secondary N) is 1. The first-order valence-corrected chi connectivity index (χ1v) is 11.2. The molecule has 33 heavy (non-hydrogen) atoms. The summed E-state index contributed by atoms with van der Waals surface area (Å²) in [5.74, 6) is -1.85. The van der Waals surface area contributed by atoms with Gasteiger partial charge in [0.15, 0.2) is 5.78 Å². The number of thiophene rings is 1. The zero-order chi connectivity index (χ0) is 24.0. The fourth-order valence-corrected chi connectivity index (χ4v) is 4.23. The smallest absolute Gasteiger partial charge is 0.348 e. The Bertz CT molecular complexity index is 1180. The van der Waals surface area contributed by atoms with Crippen molar-refractivity contribution in [3.05, 3.63) is 87.3 Å². The van der Waals surface area contributed by atoms with Crippen LogP contribution < -0.4 is 5.32 Å². The molecule has 1 heterocycles. The van der Waals surface area contributed by atoms with Crippen LogP contribution in [0.2, 0.25) is 0 Å². The van der Waals surface area contributed by atoms with Crippen LogP contribution in [0, 0.1) is 6.92 Å². The molecule has 7 nitrogen and oxygen atoms in total. The SMILES string of the molecule is CCOC(=O)c1sc(NC(=O)c2ccc(C(=O)c3ccccc3)cc2)c(C(=O)OCC)c1C. The van der Waals surface area contributed by atoms with Gasteiger partial charge in [0.25, 0.3) is 5.91 Å². The van der Waals surface area contributed by atoms with E-state index < -0.39 is 17.8 Å². The van der Waals surface area contributed by atoms with Crippen LogP contribution in [0.3, 0.4) is 0 Å². The van der Waals surface area contributed by atoms with Gasteiger partial charge in [0.1, 0.15) is 9.88 Å². The zero-order valence-electron chi connectivity index (χ0n) is 18.5. The van der Waals surface area contributed by atoms with Crippen LogP contribution in [-0.2, 0) is 9.47 Å². The maximum Gasteiger partial charge on any atom is 0.348 e. The molecule has 0 bridgehead atoms. The molecule has 8 heteroatoms. The molecule has 0 atom stereocenters. The Kier molecular flexibility index (Phi) is 7.74. The summed E-state index contributed by atoms with van der Waals surface area (Å²) in [6.07, 6.45) is 0. The van der Waals surface area contributed by atoms with Crippen molar-refractivity contribution >= 4 is 40.0 Å². The molecule has 3 aromatic rings. The number of benzene rings is 2. The van der Waals surface area contributed by atoms with Crippen molar-refractivity contribution in [2.75, 3.05) is 18.5 Å². The Hall–Kier alpha value is -3.78. The van der Waals surface area contributed by atoms with Crippen LogP contribution in [0.15, 0.2) is 54.6 Å². The van der Waals surface area contributed by atoms with Gasteiger partial charge in [0.05, 0.1) is 18.8 Å². The number of ether oxygens (including phenoxy) is 2. The minimum atomic E-state index is -0.638. The molecule has 0 fully saturated rings. The second-order valence-corrected chi connectivity index (χ2v) is 7.95. The number of hydrogen-bond donors (Lipinski definition) is 1. The Morgan fingerprint density at radius 1 is 0.788 bits per heavy atom. The van der Waals surface area contributed by atoms with Crippen molar-refractivity contribution in [1.82, 2.24) is 0 Å². The highest BCUT2D eigenvalue weighted by Gasteiger charge is 2.27. The van der Waals surface area contributed by atoms with Gasteiger partial charge >= 0.3 is 11.9 Å². The molecule has 1 aromatic heterocycles. The first-order chi connectivity index (χ1) is 15.9. The van der Waals surface area contributed by atoms with Gasteiger partial charge in [-0.25, -0.2) is 9.59 Å². The Labute approximate surface area is 195 Å². The monoisotopic (exact) mass is 465 g/mol. The third-order valence-corrected chi connectivity index (χ3v) is 5.95. The van der Waals surface area contributed by atoms with Crippen molar-refractivity contribution in [1.29, 1.82) is 0 Å². The summed E-state index contributed by atoms with van der Waals surface area (Å²) in [5.41, 5.74) is 1.79. The van der Waals surface area contributed by atoms with E-state index in [2.05, 4.69) is 5.32 Å². The van der Waals surface area contributed by atoms with Gasteiger partial charge in [-0.1, -0.05) is 42.5 Å². The predicted octanol–water partition coefficient (Wildman–Crippen LogP) is 4.89. The van der Waals surface area contributed by atoms with Crippen LogP contribution in [0.5, 0.6) is 0 Å². The Balaban J connectivity index is 1.85. The molecule has 0 saturated carbocycles. The maximum atomic E-state index is 12.9. The van der Waals surface area contributed by atoms with E-state index in [0.29, 0.717) is 16.7 Å². The van der Waals surface area contributed by atoms with Gasteiger partial charge in [-0.15, -0.1) is 11.3 Å². The summed E-state index contributed by atoms with van der Waals surface area (Å²) in [6.45, 7) is 5.28. The fraction of sp³-hybridized carbons (Fsp3) is 0.200. The first-order valence-electron chi connectivity index (χ1n) is 10.4. The number of esters is 2. The van der Waals surface area contributed by atoms with Crippen LogP contribution in [0.4, 0.5) is 5.00 Å². The van der Waals surface area contributed by atoms with E-state index in [9.17, 15) is 19.2 Å². The van der Waals surface area contributed by atoms with E-state index in [4.69, 9.17) is 9.47 Å². The molecule has 3 rings (SSSR count). The van der Waals surface area contributed by atoms with E-state index in [0.717, 1.165) is 11.3 Å². The van der Waals surface area contributed by atoms with Crippen molar-refractivity contribution in [2.24, 2.45) is 0 Å². The molecular weight excluding hydrogens is 442 g/mol. The van der Waals surface area contributed by atoms with E-state index in [1.54, 1.807) is 57.2 Å². The summed E-state index contributed by atoms with van der Waals surface area (Å²) in [4.78, 5) is 50.4. The molecule has 170 valence electrons. The maximum absolute atomic E-state index is 12.9. The first kappa shape index (κ1) is 23.9. The Morgan fingerprint density at radius 2 is 1.33 bits per heavy atom. The summed E-state index contributed by atoms with van der Waals surface area (Å²) < 4.78 is 10.2. The van der Waals surface area contributed by atoms with Gasteiger partial charge in [-0.3, -0.25) is 9.59 Å². The molecule has 0 aliphatic heterocycles. The number of carbonyl (C=O) groups is 4. The molecule has 0 aliphatic carbocycles. The highest BCUT2D eigenvalue weighted by Crippen LogP contribution is 2.34. The molecule has 1 N–H and O–H groups in total. The molecule has 0 spiro atoms. The van der Waals surface area contributed by atoms with E-state index >= 15 is 0 Å². The van der Waals surface area contributed by atoms with E-state index in [1.807, 2.05) is 6.07 Å². The summed E-state index contributed by atoms with van der Waals surface area (Å²) >= 11 is 0.955. The molecule has 1 amide bonds. The molecular formula is C25H23NO6S. The van der Waals surface area contributed by atoms with E-state index in [1.165, 1.54) is 12.1 Å². The highest BCUT2D eigenvalue weighted by molar-refractivity contribution is 7.18. The second kappa shape index (κ2) is 10.7. The molecule has 0 saturated heterocycles. The summed E-state index contributed by atoms with van der Waals surface area (Å²) in [6, 6.07) is 15.0. The number of hydrogen-bond acceptors (Lipinski definition) is 7. The average Bonchev–Trinajstić information content (AvgIpc) is 3.15. The third kappa shape index (κ3) is 5.35. The zero-order valence-corrected chi connectivity index (χ0v) is 19.3. The fourth-order valence-electron chi connectivity index (χ4n) is 3.15. The molecule has 0 unspecified atom stereocenters. The van der Waals surface area contributed by atoms with Crippen molar-refractivity contribution < 1.29 is 28.7 Å². The van der Waals surface area contributed by atoms with Gasteiger partial charge in [-0.05, 0) is 38.5 Å². The third-order valence-electron chi connectivity index (χ3n) is 4.76. The number of carbonyl (C=O) groups excluding carboxylic acids is 4. The van der Waals surface area contributed by atoms with Gasteiger partial charge in [0.2, 0.25) is 0 Å². The average molecular weight is 466 g/mol. The lowest BCUT2D eigenvalue weighted by atomic mass is 10.0. The largest absolute Gasteiger partial charge is 0.462 e. The number of anilines is 1. The molecule has 2 aromatic carbocycles. The Morgan fingerprint density at radius 3 is 1.94 bits per heavy atom. The van der Waals surface area contributed by atoms with Crippen LogP contribution >= 0.6 is 11.3 Å². The number of rotatable bonds is 8.